The predicted octanol–water partition coefficient (Wildman–Crippen LogP) is 2.04. The normalized spacial score (nSPS) is 11.9. The molecule has 2 aromatic rings. The van der Waals surface area contributed by atoms with Gasteiger partial charge < -0.3 is 31.5 Å². The molecule has 32 heavy (non-hydrogen) atoms. The van der Waals surface area contributed by atoms with Gasteiger partial charge >= 0.3 is 0 Å². The van der Waals surface area contributed by atoms with Gasteiger partial charge in [-0.15, -0.1) is 0 Å². The van der Waals surface area contributed by atoms with Gasteiger partial charge in [-0.2, -0.15) is 29.9 Å². The molecule has 2 aromatic heterocycles. The third kappa shape index (κ3) is 9.02. The number of nitrogens with one attached hydrogen (secondary N) is 4. The molecule has 0 spiro atoms. The molecule has 12 nitrogen and oxygen atoms in total. The zero-order valence-electron chi connectivity index (χ0n) is 16.1. The maximum absolute atomic E-state index is 8.95. The smallest absolute Gasteiger partial charge is 0.250 e. The maximum atomic E-state index is 8.95. The van der Waals surface area contributed by atoms with Gasteiger partial charge in [0.15, 0.2) is 11.6 Å². The fraction of sp³-hybridized carbons (Fsp3) is 0.571. The van der Waals surface area contributed by atoms with Gasteiger partial charge in [0.1, 0.15) is 0 Å². The standard InChI is InChI=1S/C14H18Cl6N10O2/c15-13(16,17)7-25-9(29-11(27-7)23-3-5-31)21-1-2-22-10-26-8(14(18,19)20)28-12(30-10)24-4-6-32/h31-32H,1-6H2,(H2,21,23,25,27,29)(H2,22,24,26,28,30). The van der Waals surface area contributed by atoms with Crippen molar-refractivity contribution in [3.05, 3.63) is 11.6 Å². The van der Waals surface area contributed by atoms with E-state index in [4.69, 9.17) is 79.8 Å². The Balaban J connectivity index is 2.06. The van der Waals surface area contributed by atoms with E-state index in [1.165, 1.54) is 0 Å². The first-order chi connectivity index (χ1) is 15.0. The minimum atomic E-state index is -1.87. The summed E-state index contributed by atoms with van der Waals surface area (Å²) in [5.74, 6) is 0.305. The van der Waals surface area contributed by atoms with Crippen LogP contribution >= 0.6 is 69.6 Å². The van der Waals surface area contributed by atoms with Crippen molar-refractivity contribution in [3.8, 4) is 0 Å². The molecule has 0 fully saturated rings. The summed E-state index contributed by atoms with van der Waals surface area (Å²) in [7, 11) is 0. The Kier molecular flexibility index (Phi) is 10.5. The first-order valence-corrected chi connectivity index (χ1v) is 11.1. The molecular formula is C14H18Cl6N10O2. The van der Waals surface area contributed by atoms with Gasteiger partial charge in [0.25, 0.3) is 0 Å². The SMILES string of the molecule is OCCNc1nc(NCCNc2nc(NCCO)nc(C(Cl)(Cl)Cl)n2)nc(C(Cl)(Cl)Cl)n1. The highest BCUT2D eigenvalue weighted by atomic mass is 35.6. The zero-order valence-corrected chi connectivity index (χ0v) is 20.6. The Morgan fingerprint density at radius 2 is 0.781 bits per heavy atom. The summed E-state index contributed by atoms with van der Waals surface area (Å²) < 4.78 is -3.74. The second-order valence-electron chi connectivity index (χ2n) is 5.76. The molecule has 2 rings (SSSR count). The second kappa shape index (κ2) is 12.4. The number of hydrogen-bond acceptors (Lipinski definition) is 12. The molecule has 0 bridgehead atoms. The van der Waals surface area contributed by atoms with Gasteiger partial charge in [-0.1, -0.05) is 69.6 Å². The van der Waals surface area contributed by atoms with Gasteiger partial charge in [-0.05, 0) is 0 Å². The van der Waals surface area contributed by atoms with Gasteiger partial charge in [-0.25, -0.2) is 0 Å². The van der Waals surface area contributed by atoms with E-state index in [1.54, 1.807) is 0 Å². The fourth-order valence-electron chi connectivity index (χ4n) is 2.01. The molecular weight excluding hydrogens is 553 g/mol. The molecule has 0 saturated carbocycles. The number of aromatic nitrogens is 6. The molecule has 0 amide bonds. The summed E-state index contributed by atoms with van der Waals surface area (Å²) in [4.78, 5) is 24.4. The van der Waals surface area contributed by atoms with Crippen molar-refractivity contribution in [2.24, 2.45) is 0 Å². The Hall–Kier alpha value is -1.12. The highest BCUT2D eigenvalue weighted by Crippen LogP contribution is 2.37. The van der Waals surface area contributed by atoms with Gasteiger partial charge in [0, 0.05) is 26.2 Å². The molecule has 0 aliphatic rings. The lowest BCUT2D eigenvalue weighted by Crippen LogP contribution is -2.21. The number of halogens is 6. The van der Waals surface area contributed by atoms with E-state index < -0.39 is 7.59 Å². The van der Waals surface area contributed by atoms with Crippen LogP contribution in [0.2, 0.25) is 0 Å². The molecule has 0 aliphatic heterocycles. The number of rotatable bonds is 11. The number of aliphatic hydroxyl groups excluding tert-OH is 2. The number of hydrogen-bond donors (Lipinski definition) is 6. The van der Waals surface area contributed by atoms with Gasteiger partial charge in [0.05, 0.1) is 13.2 Å². The zero-order chi connectivity index (χ0) is 23.8. The highest BCUT2D eigenvalue weighted by Gasteiger charge is 2.29. The van der Waals surface area contributed by atoms with Crippen molar-refractivity contribution in [3.63, 3.8) is 0 Å². The Labute approximate surface area is 212 Å². The quantitative estimate of drug-likeness (QED) is 0.172. The van der Waals surface area contributed by atoms with Crippen LogP contribution < -0.4 is 21.3 Å². The van der Waals surface area contributed by atoms with E-state index in [0.717, 1.165) is 0 Å². The molecule has 0 radical (unpaired) electrons. The van der Waals surface area contributed by atoms with Crippen LogP contribution in [0.25, 0.3) is 0 Å². The van der Waals surface area contributed by atoms with Crippen LogP contribution in [-0.2, 0) is 7.59 Å². The van der Waals surface area contributed by atoms with E-state index in [9.17, 15) is 0 Å². The van der Waals surface area contributed by atoms with Crippen molar-refractivity contribution >= 4 is 93.4 Å². The molecule has 2 heterocycles. The summed E-state index contributed by atoms with van der Waals surface area (Å²) in [6.45, 7) is 0.690. The largest absolute Gasteiger partial charge is 0.395 e. The van der Waals surface area contributed by atoms with E-state index in [0.29, 0.717) is 0 Å². The second-order valence-corrected chi connectivity index (χ2v) is 10.3. The van der Waals surface area contributed by atoms with Crippen LogP contribution in [0, 0.1) is 0 Å². The monoisotopic (exact) mass is 568 g/mol. The molecule has 0 atom stereocenters. The van der Waals surface area contributed by atoms with Crippen LogP contribution in [0.5, 0.6) is 0 Å². The summed E-state index contributed by atoms with van der Waals surface area (Å²) in [6.07, 6.45) is 0. The average molecular weight is 571 g/mol. The first kappa shape index (κ1) is 27.1. The number of alkyl halides is 6. The summed E-state index contributed by atoms with van der Waals surface area (Å²) >= 11 is 35.2. The molecule has 0 unspecified atom stereocenters. The van der Waals surface area contributed by atoms with Crippen molar-refractivity contribution < 1.29 is 10.2 Å². The van der Waals surface area contributed by atoms with Crippen molar-refractivity contribution in [2.45, 2.75) is 7.59 Å². The molecule has 6 N–H and O–H groups in total. The van der Waals surface area contributed by atoms with Crippen LogP contribution in [0.15, 0.2) is 0 Å². The lowest BCUT2D eigenvalue weighted by molar-refractivity contribution is 0.310. The third-order valence-corrected chi connectivity index (χ3v) is 4.27. The summed E-state index contributed by atoms with van der Waals surface area (Å²) in [6, 6.07) is 0. The van der Waals surface area contributed by atoms with E-state index in [2.05, 4.69) is 51.2 Å². The number of aliphatic hydroxyl groups is 2. The third-order valence-electron chi connectivity index (χ3n) is 3.26. The van der Waals surface area contributed by atoms with E-state index in [1.807, 2.05) is 0 Å². The topological polar surface area (TPSA) is 166 Å². The minimum Gasteiger partial charge on any atom is -0.395 e. The maximum Gasteiger partial charge on any atom is 0.250 e. The van der Waals surface area contributed by atoms with Gasteiger partial charge in [0.2, 0.25) is 31.4 Å². The van der Waals surface area contributed by atoms with Crippen LogP contribution in [0.4, 0.5) is 23.8 Å². The summed E-state index contributed by atoms with van der Waals surface area (Å²) in [5, 5.41) is 29.3. The van der Waals surface area contributed by atoms with Gasteiger partial charge in [-0.3, -0.25) is 0 Å². The van der Waals surface area contributed by atoms with Crippen LogP contribution in [-0.4, -0.2) is 79.5 Å². The molecule has 0 saturated heterocycles. The Bertz CT molecular complexity index is 811. The molecule has 0 aliphatic carbocycles. The van der Waals surface area contributed by atoms with E-state index >= 15 is 0 Å². The molecule has 0 aromatic carbocycles. The lowest BCUT2D eigenvalue weighted by Gasteiger charge is -2.15. The van der Waals surface area contributed by atoms with Crippen LogP contribution in [0.1, 0.15) is 11.6 Å². The highest BCUT2D eigenvalue weighted by molar-refractivity contribution is 6.67. The number of anilines is 4. The van der Waals surface area contributed by atoms with E-state index in [-0.39, 0.29) is 74.8 Å². The van der Waals surface area contributed by atoms with Crippen LogP contribution in [0.3, 0.4) is 0 Å². The van der Waals surface area contributed by atoms with Crippen molar-refractivity contribution in [1.82, 2.24) is 29.9 Å². The average Bonchev–Trinajstić information content (AvgIpc) is 2.72. The molecule has 178 valence electrons. The first-order valence-electron chi connectivity index (χ1n) is 8.86. The summed E-state index contributed by atoms with van der Waals surface area (Å²) in [5.41, 5.74) is 0. The predicted molar refractivity (Wildman–Crippen MR) is 126 cm³/mol. The van der Waals surface area contributed by atoms with Crippen molar-refractivity contribution in [1.29, 1.82) is 0 Å². The minimum absolute atomic E-state index is 0.0993. The lowest BCUT2D eigenvalue weighted by atomic mass is 10.5. The Morgan fingerprint density at radius 1 is 0.500 bits per heavy atom. The Morgan fingerprint density at radius 3 is 1.03 bits per heavy atom. The van der Waals surface area contributed by atoms with Crippen molar-refractivity contribution in [2.75, 3.05) is 60.7 Å². The fourth-order valence-corrected chi connectivity index (χ4v) is 2.51. The molecule has 18 heteroatoms. The number of nitrogens with zero attached hydrogens (tertiary/aromatic N) is 6.